The number of ether oxygens (including phenoxy) is 3. The lowest BCUT2D eigenvalue weighted by Crippen LogP contribution is -2.54. The van der Waals surface area contributed by atoms with Crippen molar-refractivity contribution in [1.29, 1.82) is 0 Å². The number of nitrogens with zero attached hydrogens (tertiary/aromatic N) is 1. The summed E-state index contributed by atoms with van der Waals surface area (Å²) in [6.45, 7) is 9.50. The van der Waals surface area contributed by atoms with E-state index in [1.165, 1.54) is 26.0 Å². The number of hydrogen-bond acceptors (Lipinski definition) is 7. The second-order valence-corrected chi connectivity index (χ2v) is 9.10. The largest absolute Gasteiger partial charge is 0.497 e. The Kier molecular flexibility index (Phi) is 10.8. The zero-order valence-corrected chi connectivity index (χ0v) is 21.3. The molecule has 0 bridgehead atoms. The predicted molar refractivity (Wildman–Crippen MR) is 126 cm³/mol. The van der Waals surface area contributed by atoms with E-state index in [-0.39, 0.29) is 31.5 Å². The lowest BCUT2D eigenvalue weighted by atomic mass is 10.00. The van der Waals surface area contributed by atoms with Crippen LogP contribution in [0.3, 0.4) is 0 Å². The smallest absolute Gasteiger partial charge is 0.325 e. The zero-order chi connectivity index (χ0) is 26.1. The third kappa shape index (κ3) is 9.29. The Hall–Kier alpha value is -3.30. The average molecular weight is 480 g/mol. The maximum atomic E-state index is 13.1. The van der Waals surface area contributed by atoms with Gasteiger partial charge in [-0.05, 0) is 38.8 Å². The van der Waals surface area contributed by atoms with Crippen molar-refractivity contribution in [3.05, 3.63) is 23.8 Å². The lowest BCUT2D eigenvalue weighted by molar-refractivity contribution is -0.155. The number of amides is 3. The first-order chi connectivity index (χ1) is 15.8. The molecule has 0 spiro atoms. The molecule has 0 aliphatic carbocycles. The Bertz CT molecular complexity index is 878. The molecule has 0 saturated heterocycles. The van der Waals surface area contributed by atoms with Crippen molar-refractivity contribution in [2.75, 3.05) is 27.3 Å². The number of rotatable bonds is 11. The zero-order valence-electron chi connectivity index (χ0n) is 21.3. The summed E-state index contributed by atoms with van der Waals surface area (Å²) in [5.41, 5.74) is -0.0464. The van der Waals surface area contributed by atoms with Crippen LogP contribution in [0, 0.1) is 5.92 Å². The van der Waals surface area contributed by atoms with Crippen molar-refractivity contribution in [3.8, 4) is 11.5 Å². The molecule has 3 amide bonds. The van der Waals surface area contributed by atoms with Gasteiger partial charge in [-0.2, -0.15) is 0 Å². The summed E-state index contributed by atoms with van der Waals surface area (Å²) < 4.78 is 15.9. The fourth-order valence-electron chi connectivity index (χ4n) is 3.25. The molecule has 1 rings (SSSR count). The topological polar surface area (TPSA) is 123 Å². The van der Waals surface area contributed by atoms with Gasteiger partial charge >= 0.3 is 5.97 Å². The molecule has 10 nitrogen and oxygen atoms in total. The highest BCUT2D eigenvalue weighted by Gasteiger charge is 2.33. The van der Waals surface area contributed by atoms with Crippen LogP contribution in [0.4, 0.5) is 0 Å². The van der Waals surface area contributed by atoms with Gasteiger partial charge in [0.25, 0.3) is 0 Å². The standard InChI is InChI=1S/C24H37N3O7/c1-15(2)22(23(31)26-13-21(30)34-24(4,5)6)27(20(29)12-25-16(3)28)14-17-9-10-18(32-7)11-19(17)33-8/h9-11,15,22H,12-14H2,1-8H3,(H,25,28)(H,26,31). The summed E-state index contributed by atoms with van der Waals surface area (Å²) in [6.07, 6.45) is 0. The number of nitrogens with one attached hydrogen (secondary N) is 2. The van der Waals surface area contributed by atoms with Gasteiger partial charge in [0.1, 0.15) is 29.7 Å². The molecule has 0 saturated carbocycles. The van der Waals surface area contributed by atoms with E-state index in [1.807, 2.05) is 0 Å². The molecule has 34 heavy (non-hydrogen) atoms. The number of carbonyl (C=O) groups excluding carboxylic acids is 4. The van der Waals surface area contributed by atoms with E-state index in [0.29, 0.717) is 17.1 Å². The molecule has 0 heterocycles. The van der Waals surface area contributed by atoms with Crippen LogP contribution < -0.4 is 20.1 Å². The Balaban J connectivity index is 3.22. The van der Waals surface area contributed by atoms with E-state index in [1.54, 1.807) is 52.8 Å². The molecule has 10 heteroatoms. The molecule has 1 unspecified atom stereocenters. The number of methoxy groups -OCH3 is 2. The first-order valence-corrected chi connectivity index (χ1v) is 11.0. The molecule has 1 aromatic carbocycles. The van der Waals surface area contributed by atoms with E-state index in [0.717, 1.165) is 0 Å². The maximum Gasteiger partial charge on any atom is 0.325 e. The van der Waals surface area contributed by atoms with Gasteiger partial charge in [-0.25, -0.2) is 0 Å². The third-order valence-corrected chi connectivity index (χ3v) is 4.71. The fourth-order valence-corrected chi connectivity index (χ4v) is 3.25. The minimum Gasteiger partial charge on any atom is -0.497 e. The molecule has 0 aliphatic heterocycles. The molecule has 0 radical (unpaired) electrons. The summed E-state index contributed by atoms with van der Waals surface area (Å²) >= 11 is 0. The van der Waals surface area contributed by atoms with Crippen LogP contribution >= 0.6 is 0 Å². The van der Waals surface area contributed by atoms with Gasteiger partial charge in [-0.3, -0.25) is 19.2 Å². The summed E-state index contributed by atoms with van der Waals surface area (Å²) in [6, 6.07) is 4.22. The summed E-state index contributed by atoms with van der Waals surface area (Å²) in [5.74, 6) is -1.17. The summed E-state index contributed by atoms with van der Waals surface area (Å²) in [5, 5.41) is 5.05. The molecule has 0 aliphatic rings. The van der Waals surface area contributed by atoms with Crippen molar-refractivity contribution in [2.45, 2.75) is 59.7 Å². The van der Waals surface area contributed by atoms with Crippen LogP contribution in [0.1, 0.15) is 47.1 Å². The fraction of sp³-hybridized carbons (Fsp3) is 0.583. The highest BCUT2D eigenvalue weighted by molar-refractivity contribution is 5.91. The normalized spacial score (nSPS) is 11.9. The quantitative estimate of drug-likeness (QED) is 0.463. The van der Waals surface area contributed by atoms with Gasteiger partial charge in [-0.15, -0.1) is 0 Å². The molecule has 190 valence electrons. The first-order valence-electron chi connectivity index (χ1n) is 11.0. The van der Waals surface area contributed by atoms with Crippen LogP contribution in [0.2, 0.25) is 0 Å². The highest BCUT2D eigenvalue weighted by atomic mass is 16.6. The van der Waals surface area contributed by atoms with Gasteiger partial charge in [-0.1, -0.05) is 13.8 Å². The maximum absolute atomic E-state index is 13.1. The van der Waals surface area contributed by atoms with E-state index < -0.39 is 29.4 Å². The molecule has 0 aromatic heterocycles. The van der Waals surface area contributed by atoms with E-state index in [2.05, 4.69) is 10.6 Å². The molecular formula is C24H37N3O7. The van der Waals surface area contributed by atoms with Gasteiger partial charge in [0.05, 0.1) is 27.3 Å². The van der Waals surface area contributed by atoms with Crippen molar-refractivity contribution in [2.24, 2.45) is 5.92 Å². The second kappa shape index (κ2) is 12.8. The molecular weight excluding hydrogens is 442 g/mol. The number of hydrogen-bond donors (Lipinski definition) is 2. The van der Waals surface area contributed by atoms with Crippen LogP contribution in [0.15, 0.2) is 18.2 Å². The minimum atomic E-state index is -0.921. The van der Waals surface area contributed by atoms with Crippen LogP contribution in [0.25, 0.3) is 0 Å². The van der Waals surface area contributed by atoms with Gasteiger partial charge in [0.15, 0.2) is 0 Å². The number of benzene rings is 1. The molecule has 2 N–H and O–H groups in total. The van der Waals surface area contributed by atoms with Crippen molar-refractivity contribution in [3.63, 3.8) is 0 Å². The summed E-state index contributed by atoms with van der Waals surface area (Å²) in [4.78, 5) is 51.1. The number of esters is 1. The number of carbonyl (C=O) groups is 4. The highest BCUT2D eigenvalue weighted by Crippen LogP contribution is 2.27. The molecule has 1 aromatic rings. The first kappa shape index (κ1) is 28.7. The van der Waals surface area contributed by atoms with Crippen LogP contribution in [-0.4, -0.2) is 67.5 Å². The van der Waals surface area contributed by atoms with Crippen molar-refractivity contribution < 1.29 is 33.4 Å². The Morgan fingerprint density at radius 2 is 1.65 bits per heavy atom. The Labute approximate surface area is 201 Å². The Morgan fingerprint density at radius 1 is 1.00 bits per heavy atom. The van der Waals surface area contributed by atoms with Crippen molar-refractivity contribution in [1.82, 2.24) is 15.5 Å². The third-order valence-electron chi connectivity index (χ3n) is 4.71. The van der Waals surface area contributed by atoms with Gasteiger partial charge in [0.2, 0.25) is 17.7 Å². The summed E-state index contributed by atoms with van der Waals surface area (Å²) in [7, 11) is 3.02. The van der Waals surface area contributed by atoms with Crippen molar-refractivity contribution >= 4 is 23.7 Å². The average Bonchev–Trinajstić information content (AvgIpc) is 2.74. The SMILES string of the molecule is COc1ccc(CN(C(=O)CNC(C)=O)C(C(=O)NCC(=O)OC(C)(C)C)C(C)C)c(OC)c1. The Morgan fingerprint density at radius 3 is 2.15 bits per heavy atom. The molecule has 1 atom stereocenters. The second-order valence-electron chi connectivity index (χ2n) is 9.10. The van der Waals surface area contributed by atoms with Crippen LogP contribution in [-0.2, 0) is 30.5 Å². The van der Waals surface area contributed by atoms with Crippen LogP contribution in [0.5, 0.6) is 11.5 Å². The van der Waals surface area contributed by atoms with E-state index >= 15 is 0 Å². The van der Waals surface area contributed by atoms with Gasteiger partial charge < -0.3 is 29.7 Å². The predicted octanol–water partition coefficient (Wildman–Crippen LogP) is 1.65. The lowest BCUT2D eigenvalue weighted by Gasteiger charge is -2.34. The monoisotopic (exact) mass is 479 g/mol. The molecule has 0 fully saturated rings. The van der Waals surface area contributed by atoms with E-state index in [9.17, 15) is 19.2 Å². The minimum absolute atomic E-state index is 0.0360. The van der Waals surface area contributed by atoms with E-state index in [4.69, 9.17) is 14.2 Å². The van der Waals surface area contributed by atoms with Gasteiger partial charge in [0, 0.05) is 18.6 Å².